The molecular formula is C16H10N4. The number of nitriles is 1. The first kappa shape index (κ1) is 10.8. The van der Waals surface area contributed by atoms with Crippen molar-refractivity contribution in [2.24, 2.45) is 0 Å². The third kappa shape index (κ3) is 1.26. The number of fused-ring (bicyclic) bond motifs is 2. The van der Waals surface area contributed by atoms with Crippen LogP contribution in [0, 0.1) is 11.3 Å². The van der Waals surface area contributed by atoms with Crippen molar-refractivity contribution in [3.05, 3.63) is 48.0 Å². The molecule has 2 aromatic carbocycles. The van der Waals surface area contributed by atoms with Crippen molar-refractivity contribution in [2.45, 2.75) is 0 Å². The summed E-state index contributed by atoms with van der Waals surface area (Å²) < 4.78 is 0. The first-order valence-corrected chi connectivity index (χ1v) is 6.28. The summed E-state index contributed by atoms with van der Waals surface area (Å²) >= 11 is 0. The van der Waals surface area contributed by atoms with E-state index in [0.29, 0.717) is 5.56 Å². The number of nitrogens with zero attached hydrogens (tertiary/aromatic N) is 2. The smallest absolute Gasteiger partial charge is 0.142 e. The molecule has 0 radical (unpaired) electrons. The second kappa shape index (κ2) is 3.72. The molecule has 0 aliphatic carbocycles. The van der Waals surface area contributed by atoms with E-state index in [2.05, 4.69) is 16.4 Å². The largest absolute Gasteiger partial charge is 0.383 e. The standard InChI is InChI=1S/C16H10N4/c17-8-11-9-5-3-7-13-14(9)15(20-16(11)18)10-4-1-2-6-12(10)19-13/h1-7,19H,(H2,18,20). The van der Waals surface area contributed by atoms with Gasteiger partial charge in [-0.15, -0.1) is 0 Å². The number of rotatable bonds is 0. The third-order valence-corrected chi connectivity index (χ3v) is 3.62. The number of nitrogen functional groups attached to an aromatic ring is 1. The molecule has 3 N–H and O–H groups in total. The lowest BCUT2D eigenvalue weighted by Crippen LogP contribution is -2.06. The molecule has 4 rings (SSSR count). The number of para-hydroxylation sites is 1. The van der Waals surface area contributed by atoms with Gasteiger partial charge in [0, 0.05) is 27.7 Å². The van der Waals surface area contributed by atoms with Crippen LogP contribution in [0.25, 0.3) is 22.0 Å². The molecule has 1 aliphatic heterocycles. The SMILES string of the molecule is N#Cc1c(N)nc2c3c(cccc13)Nc1ccccc1-2. The second-order valence-corrected chi connectivity index (χ2v) is 4.73. The predicted molar refractivity (Wildman–Crippen MR) is 79.6 cm³/mol. The van der Waals surface area contributed by atoms with Gasteiger partial charge in [0.05, 0.1) is 5.69 Å². The van der Waals surface area contributed by atoms with Crippen LogP contribution in [-0.4, -0.2) is 4.98 Å². The Kier molecular flexibility index (Phi) is 2.01. The van der Waals surface area contributed by atoms with Crippen LogP contribution in [0.3, 0.4) is 0 Å². The molecule has 0 saturated heterocycles. The van der Waals surface area contributed by atoms with Gasteiger partial charge in [-0.1, -0.05) is 30.3 Å². The van der Waals surface area contributed by atoms with E-state index in [9.17, 15) is 5.26 Å². The van der Waals surface area contributed by atoms with E-state index in [1.807, 2.05) is 42.5 Å². The summed E-state index contributed by atoms with van der Waals surface area (Å²) in [4.78, 5) is 4.46. The molecule has 94 valence electrons. The Morgan fingerprint density at radius 1 is 1.05 bits per heavy atom. The number of nitrogens with two attached hydrogens (primary N) is 1. The van der Waals surface area contributed by atoms with Crippen LogP contribution in [0.4, 0.5) is 17.2 Å². The van der Waals surface area contributed by atoms with E-state index in [4.69, 9.17) is 5.73 Å². The molecule has 1 aromatic heterocycles. The topological polar surface area (TPSA) is 74.7 Å². The Bertz CT molecular complexity index is 906. The number of anilines is 3. The van der Waals surface area contributed by atoms with Crippen molar-refractivity contribution in [3.63, 3.8) is 0 Å². The van der Waals surface area contributed by atoms with Crippen LogP contribution in [0.15, 0.2) is 42.5 Å². The number of pyridine rings is 1. The van der Waals surface area contributed by atoms with E-state index in [0.717, 1.165) is 33.4 Å². The molecular weight excluding hydrogens is 248 g/mol. The zero-order valence-electron chi connectivity index (χ0n) is 10.5. The second-order valence-electron chi connectivity index (χ2n) is 4.73. The predicted octanol–water partition coefficient (Wildman–Crippen LogP) is 3.41. The number of aromatic nitrogens is 1. The minimum absolute atomic E-state index is 0.281. The number of hydrogen-bond acceptors (Lipinski definition) is 4. The molecule has 2 heterocycles. The van der Waals surface area contributed by atoms with Gasteiger partial charge in [0.25, 0.3) is 0 Å². The van der Waals surface area contributed by atoms with Crippen LogP contribution in [0.5, 0.6) is 0 Å². The zero-order valence-corrected chi connectivity index (χ0v) is 10.5. The van der Waals surface area contributed by atoms with E-state index >= 15 is 0 Å². The summed E-state index contributed by atoms with van der Waals surface area (Å²) in [5.41, 5.74) is 10.2. The van der Waals surface area contributed by atoms with Crippen molar-refractivity contribution >= 4 is 28.0 Å². The zero-order chi connectivity index (χ0) is 13.7. The Hall–Kier alpha value is -3.06. The Morgan fingerprint density at radius 3 is 2.70 bits per heavy atom. The monoisotopic (exact) mass is 258 g/mol. The molecule has 0 saturated carbocycles. The van der Waals surface area contributed by atoms with Crippen LogP contribution >= 0.6 is 0 Å². The fourth-order valence-corrected chi connectivity index (χ4v) is 2.75. The van der Waals surface area contributed by atoms with E-state index < -0.39 is 0 Å². The molecule has 0 bridgehead atoms. The lowest BCUT2D eigenvalue weighted by atomic mass is 9.95. The first-order chi connectivity index (χ1) is 9.79. The number of benzene rings is 2. The lowest BCUT2D eigenvalue weighted by molar-refractivity contribution is 1.33. The Balaban J connectivity index is 2.24. The van der Waals surface area contributed by atoms with Crippen molar-refractivity contribution in [3.8, 4) is 17.3 Å². The first-order valence-electron chi connectivity index (χ1n) is 6.28. The highest BCUT2D eigenvalue weighted by molar-refractivity contribution is 6.12. The number of hydrogen-bond donors (Lipinski definition) is 2. The van der Waals surface area contributed by atoms with Gasteiger partial charge in [-0.25, -0.2) is 4.98 Å². The average molecular weight is 258 g/mol. The highest BCUT2D eigenvalue weighted by Gasteiger charge is 2.21. The highest BCUT2D eigenvalue weighted by Crippen LogP contribution is 2.43. The molecule has 0 unspecified atom stereocenters. The van der Waals surface area contributed by atoms with Gasteiger partial charge >= 0.3 is 0 Å². The van der Waals surface area contributed by atoms with Gasteiger partial charge in [0.2, 0.25) is 0 Å². The number of nitrogens with one attached hydrogen (secondary N) is 1. The van der Waals surface area contributed by atoms with Crippen LogP contribution in [0.1, 0.15) is 5.56 Å². The Labute approximate surface area is 115 Å². The van der Waals surface area contributed by atoms with Crippen LogP contribution in [-0.2, 0) is 0 Å². The molecule has 0 spiro atoms. The molecule has 4 nitrogen and oxygen atoms in total. The molecule has 0 amide bonds. The Morgan fingerprint density at radius 2 is 1.85 bits per heavy atom. The summed E-state index contributed by atoms with van der Waals surface area (Å²) in [5, 5.41) is 14.5. The normalized spacial score (nSPS) is 11.6. The van der Waals surface area contributed by atoms with Crippen molar-refractivity contribution in [1.82, 2.24) is 4.98 Å². The molecule has 20 heavy (non-hydrogen) atoms. The fourth-order valence-electron chi connectivity index (χ4n) is 2.75. The van der Waals surface area contributed by atoms with Crippen molar-refractivity contribution in [1.29, 1.82) is 5.26 Å². The lowest BCUT2D eigenvalue weighted by Gasteiger charge is -2.22. The van der Waals surface area contributed by atoms with Gasteiger partial charge in [0.15, 0.2) is 0 Å². The summed E-state index contributed by atoms with van der Waals surface area (Å²) in [5.74, 6) is 0.281. The minimum atomic E-state index is 0.281. The van der Waals surface area contributed by atoms with Crippen LogP contribution in [0.2, 0.25) is 0 Å². The molecule has 4 heteroatoms. The van der Waals surface area contributed by atoms with Gasteiger partial charge in [-0.3, -0.25) is 0 Å². The summed E-state index contributed by atoms with van der Waals surface area (Å²) in [6.45, 7) is 0. The maximum Gasteiger partial charge on any atom is 0.142 e. The van der Waals surface area contributed by atoms with Gasteiger partial charge in [-0.2, -0.15) is 5.26 Å². The molecule has 3 aromatic rings. The third-order valence-electron chi connectivity index (χ3n) is 3.62. The average Bonchev–Trinajstić information content (AvgIpc) is 2.47. The van der Waals surface area contributed by atoms with Gasteiger partial charge < -0.3 is 11.1 Å². The molecule has 0 atom stereocenters. The quantitative estimate of drug-likeness (QED) is 0.507. The maximum absolute atomic E-state index is 9.29. The minimum Gasteiger partial charge on any atom is -0.383 e. The van der Waals surface area contributed by atoms with Crippen molar-refractivity contribution in [2.75, 3.05) is 11.1 Å². The van der Waals surface area contributed by atoms with Crippen LogP contribution < -0.4 is 11.1 Å². The summed E-state index contributed by atoms with van der Waals surface area (Å²) in [7, 11) is 0. The summed E-state index contributed by atoms with van der Waals surface area (Å²) in [6.07, 6.45) is 0. The summed E-state index contributed by atoms with van der Waals surface area (Å²) in [6, 6.07) is 15.9. The van der Waals surface area contributed by atoms with Gasteiger partial charge in [0.1, 0.15) is 17.5 Å². The van der Waals surface area contributed by atoms with E-state index in [-0.39, 0.29) is 5.82 Å². The van der Waals surface area contributed by atoms with E-state index in [1.165, 1.54) is 0 Å². The molecule has 0 fully saturated rings. The van der Waals surface area contributed by atoms with Gasteiger partial charge in [-0.05, 0) is 12.1 Å². The maximum atomic E-state index is 9.29. The van der Waals surface area contributed by atoms with Crippen molar-refractivity contribution < 1.29 is 0 Å². The highest BCUT2D eigenvalue weighted by atomic mass is 14.9. The fraction of sp³-hybridized carbons (Fsp3) is 0. The van der Waals surface area contributed by atoms with E-state index in [1.54, 1.807) is 0 Å². The molecule has 1 aliphatic rings.